The Balaban J connectivity index is 0.00000338. The molecule has 0 atom stereocenters. The van der Waals surface area contributed by atoms with E-state index in [-0.39, 0.29) is 40.2 Å². The van der Waals surface area contributed by atoms with Crippen LogP contribution in [0.25, 0.3) is 0 Å². The van der Waals surface area contributed by atoms with Gasteiger partial charge < -0.3 is 9.47 Å². The van der Waals surface area contributed by atoms with Crippen molar-refractivity contribution >= 4 is 45.6 Å². The van der Waals surface area contributed by atoms with Gasteiger partial charge in [0, 0.05) is 36.6 Å². The first-order valence-electron chi connectivity index (χ1n) is 6.48. The number of carbonyl (C=O) groups is 1. The Morgan fingerprint density at radius 2 is 1.92 bits per heavy atom. The summed E-state index contributed by atoms with van der Waals surface area (Å²) >= 11 is 0. The van der Waals surface area contributed by atoms with Gasteiger partial charge in [-0.2, -0.15) is 8.78 Å². The summed E-state index contributed by atoms with van der Waals surface area (Å²) in [6.07, 6.45) is 0. The zero-order valence-electron chi connectivity index (χ0n) is 13.8. The molecule has 2 aromatic rings. The van der Waals surface area contributed by atoms with Crippen molar-refractivity contribution in [2.45, 2.75) is 11.5 Å². The topological polar surface area (TPSA) is 122 Å². The third-order valence-corrected chi connectivity index (χ3v) is 4.25. The number of aromatic nitrogens is 3. The molecule has 2 rings (SSSR count). The largest absolute Gasteiger partial charge is 0.467 e. The summed E-state index contributed by atoms with van der Waals surface area (Å²) in [6, 6.07) is 2.80. The van der Waals surface area contributed by atoms with Crippen LogP contribution in [0.2, 0.25) is 0 Å². The van der Waals surface area contributed by atoms with Crippen molar-refractivity contribution in [3.8, 4) is 11.8 Å². The van der Waals surface area contributed by atoms with Crippen LogP contribution >= 0.6 is 0 Å². The van der Waals surface area contributed by atoms with Gasteiger partial charge >= 0.3 is 24.3 Å². The molecule has 1 amide bonds. The predicted octanol–water partition coefficient (Wildman–Crippen LogP) is -0.242. The van der Waals surface area contributed by atoms with E-state index < -0.39 is 39.0 Å². The number of alkyl halides is 2. The van der Waals surface area contributed by atoms with Crippen LogP contribution in [0.3, 0.4) is 0 Å². The number of carbonyl (C=O) groups excluding carboxylic acids is 1. The van der Waals surface area contributed by atoms with Gasteiger partial charge in [0.2, 0.25) is 0 Å². The third-order valence-electron chi connectivity index (χ3n) is 2.89. The molecule has 1 radical (unpaired) electrons. The minimum absolute atomic E-state index is 0. The fourth-order valence-corrected chi connectivity index (χ4v) is 2.87. The van der Waals surface area contributed by atoms with Crippen molar-refractivity contribution in [2.24, 2.45) is 7.05 Å². The average Bonchev–Trinajstić information content (AvgIpc) is 2.82. The molecule has 10 nitrogen and oxygen atoms in total. The Morgan fingerprint density at radius 1 is 1.31 bits per heavy atom. The summed E-state index contributed by atoms with van der Waals surface area (Å²) in [5.41, 5.74) is -0.971. The van der Waals surface area contributed by atoms with Crippen molar-refractivity contribution < 1.29 is 31.5 Å². The van der Waals surface area contributed by atoms with Crippen LogP contribution in [0.5, 0.6) is 11.8 Å². The Morgan fingerprint density at radius 3 is 2.46 bits per heavy atom. The molecule has 0 aliphatic carbocycles. The number of nitrogens with one attached hydrogen (secondary N) is 1. The first kappa shape index (κ1) is 22.1. The molecule has 1 heterocycles. The molecule has 14 heteroatoms. The number of sulfonamides is 1. The van der Waals surface area contributed by atoms with Gasteiger partial charge in [-0.25, -0.2) is 27.3 Å². The average molecular weight is 401 g/mol. The van der Waals surface area contributed by atoms with Crippen LogP contribution in [0, 0.1) is 0 Å². The Kier molecular flexibility index (Phi) is 7.32. The van der Waals surface area contributed by atoms with Gasteiger partial charge in [0.1, 0.15) is 10.6 Å². The van der Waals surface area contributed by atoms with Crippen molar-refractivity contribution in [3.05, 3.63) is 34.7 Å². The number of hydrogen-bond acceptors (Lipinski definition) is 7. The number of methoxy groups -OCH3 is 1. The zero-order chi connectivity index (χ0) is 18.8. The summed E-state index contributed by atoms with van der Waals surface area (Å²) in [5, 5.41) is 3.49. The van der Waals surface area contributed by atoms with E-state index in [0.717, 1.165) is 16.7 Å². The number of rotatable bonds is 5. The van der Waals surface area contributed by atoms with Crippen LogP contribution in [0.15, 0.2) is 34.0 Å². The van der Waals surface area contributed by atoms with Gasteiger partial charge in [-0.1, -0.05) is 12.1 Å². The molecular weight excluding hydrogens is 389 g/mol. The Labute approximate surface area is 168 Å². The number of nitrogens with zero attached hydrogens (tertiary/aromatic N) is 3. The zero-order valence-corrected chi connectivity index (χ0v) is 16.7. The standard InChI is InChI=1S/C12H12F2N4O6S.Na/c1-17-11(23-2)15-18(12(17)20)10(19)16-25(21,22)8-6-4-3-5-7(8)24-9(13)14;/h3-6,9H,1-2H3,(H,16,19);. The summed E-state index contributed by atoms with van der Waals surface area (Å²) in [6.45, 7) is -3.27. The van der Waals surface area contributed by atoms with E-state index in [1.807, 2.05) is 0 Å². The molecular formula is C12H12F2N4NaO6S. The summed E-state index contributed by atoms with van der Waals surface area (Å²) in [5.74, 6) is -0.663. The van der Waals surface area contributed by atoms with E-state index in [9.17, 15) is 26.8 Å². The van der Waals surface area contributed by atoms with Gasteiger partial charge in [0.05, 0.1) is 7.11 Å². The number of benzene rings is 1. The van der Waals surface area contributed by atoms with E-state index in [0.29, 0.717) is 0 Å². The maximum atomic E-state index is 12.4. The number of amides is 1. The smallest absolute Gasteiger partial charge is 0.387 e. The van der Waals surface area contributed by atoms with Gasteiger partial charge in [0.25, 0.3) is 10.0 Å². The van der Waals surface area contributed by atoms with Crippen LogP contribution in [0.1, 0.15) is 0 Å². The minimum atomic E-state index is -4.62. The molecule has 1 aromatic heterocycles. The second-order valence-electron chi connectivity index (χ2n) is 4.48. The quantitative estimate of drug-likeness (QED) is 0.686. The molecule has 26 heavy (non-hydrogen) atoms. The van der Waals surface area contributed by atoms with Gasteiger partial charge in [-0.15, -0.1) is 9.78 Å². The molecule has 0 bridgehead atoms. The Bertz CT molecular complexity index is 959. The van der Waals surface area contributed by atoms with Crippen LogP contribution in [-0.4, -0.2) is 72.1 Å². The number of hydrogen-bond donors (Lipinski definition) is 1. The summed E-state index contributed by atoms with van der Waals surface area (Å²) in [4.78, 5) is 23.1. The van der Waals surface area contributed by atoms with E-state index in [1.54, 1.807) is 4.72 Å². The van der Waals surface area contributed by atoms with Crippen molar-refractivity contribution in [3.63, 3.8) is 0 Å². The van der Waals surface area contributed by atoms with E-state index >= 15 is 0 Å². The number of ether oxygens (including phenoxy) is 2. The SMILES string of the molecule is COc1nn(C(=O)NS(=O)(=O)c2ccccc2OC(F)F)c(=O)n1C.[Na]. The first-order chi connectivity index (χ1) is 11.7. The summed E-state index contributed by atoms with van der Waals surface area (Å²) in [7, 11) is -2.18. The second kappa shape index (κ2) is 8.62. The fraction of sp³-hybridized carbons (Fsp3) is 0.250. The third kappa shape index (κ3) is 4.60. The van der Waals surface area contributed by atoms with E-state index in [4.69, 9.17) is 4.74 Å². The molecule has 137 valence electrons. The maximum absolute atomic E-state index is 12.4. The fourth-order valence-electron chi connectivity index (χ4n) is 1.81. The van der Waals surface area contributed by atoms with E-state index in [1.165, 1.54) is 26.3 Å². The van der Waals surface area contributed by atoms with Gasteiger partial charge in [-0.05, 0) is 12.1 Å². The van der Waals surface area contributed by atoms with Crippen LogP contribution in [0.4, 0.5) is 13.6 Å². The maximum Gasteiger partial charge on any atom is 0.387 e. The first-order valence-corrected chi connectivity index (χ1v) is 7.96. The van der Waals surface area contributed by atoms with Gasteiger partial charge in [0.15, 0.2) is 0 Å². The van der Waals surface area contributed by atoms with Crippen molar-refractivity contribution in [2.75, 3.05) is 7.11 Å². The van der Waals surface area contributed by atoms with E-state index in [2.05, 4.69) is 9.84 Å². The van der Waals surface area contributed by atoms with Crippen LogP contribution < -0.4 is 19.9 Å². The molecule has 0 aliphatic heterocycles. The molecule has 0 saturated carbocycles. The van der Waals surface area contributed by atoms with Crippen LogP contribution in [-0.2, 0) is 17.1 Å². The van der Waals surface area contributed by atoms with Gasteiger partial charge in [-0.3, -0.25) is 0 Å². The molecule has 1 aromatic carbocycles. The second-order valence-corrected chi connectivity index (χ2v) is 6.13. The number of halogens is 2. The molecule has 0 unspecified atom stereocenters. The van der Waals surface area contributed by atoms with Crippen molar-refractivity contribution in [1.29, 1.82) is 0 Å². The molecule has 0 saturated heterocycles. The molecule has 0 fully saturated rings. The Hall–Kier alpha value is -1.96. The molecule has 1 N–H and O–H groups in total. The normalized spacial score (nSPS) is 11.0. The predicted molar refractivity (Wildman–Crippen MR) is 84.0 cm³/mol. The monoisotopic (exact) mass is 401 g/mol. The summed E-state index contributed by atoms with van der Waals surface area (Å²) < 4.78 is 60.7. The molecule has 0 aliphatic rings. The molecule has 0 spiro atoms. The van der Waals surface area contributed by atoms with Crippen molar-refractivity contribution in [1.82, 2.24) is 19.1 Å². The minimum Gasteiger partial charge on any atom is -0.467 e. The number of para-hydroxylation sites is 1.